The second-order valence-corrected chi connectivity index (χ2v) is 5.73. The first kappa shape index (κ1) is 12.7. The Balaban J connectivity index is 1.66. The maximum Gasteiger partial charge on any atom is 0.144 e. The molecule has 2 unspecified atom stereocenters. The van der Waals surface area contributed by atoms with Crippen molar-refractivity contribution in [1.82, 2.24) is 14.9 Å². The van der Waals surface area contributed by atoms with Crippen molar-refractivity contribution in [2.45, 2.75) is 37.8 Å². The molecule has 0 saturated carbocycles. The highest BCUT2D eigenvalue weighted by molar-refractivity contribution is 7.80. The first-order valence-electron chi connectivity index (χ1n) is 6.86. The standard InChI is InChI=1S/C13H19N5S/c14-13(19)10-7-16-12(8-15-10)17-9-4-6-18-5-2-1-3-11(9)18/h7-9,11H,1-6H2,(H2,14,19)(H,16,17). The molecule has 2 atom stereocenters. The van der Waals surface area contributed by atoms with Gasteiger partial charge in [-0.3, -0.25) is 4.90 Å². The van der Waals surface area contributed by atoms with Crippen molar-refractivity contribution in [3.05, 3.63) is 18.1 Å². The van der Waals surface area contributed by atoms with E-state index < -0.39 is 0 Å². The lowest BCUT2D eigenvalue weighted by Gasteiger charge is -2.32. The van der Waals surface area contributed by atoms with Crippen LogP contribution >= 0.6 is 12.2 Å². The lowest BCUT2D eigenvalue weighted by Crippen LogP contribution is -2.41. The second-order valence-electron chi connectivity index (χ2n) is 5.29. The van der Waals surface area contributed by atoms with Gasteiger partial charge in [0.2, 0.25) is 0 Å². The predicted octanol–water partition coefficient (Wildman–Crippen LogP) is 1.15. The summed E-state index contributed by atoms with van der Waals surface area (Å²) in [5.74, 6) is 0.817. The van der Waals surface area contributed by atoms with Crippen molar-refractivity contribution in [3.8, 4) is 0 Å². The Kier molecular flexibility index (Phi) is 3.61. The second kappa shape index (κ2) is 5.38. The smallest absolute Gasteiger partial charge is 0.144 e. The number of nitrogens with two attached hydrogens (primary N) is 1. The summed E-state index contributed by atoms with van der Waals surface area (Å²) in [4.78, 5) is 11.4. The molecule has 2 aliphatic heterocycles. The lowest BCUT2D eigenvalue weighted by molar-refractivity contribution is 0.192. The summed E-state index contributed by atoms with van der Waals surface area (Å²) < 4.78 is 0. The van der Waals surface area contributed by atoms with Gasteiger partial charge in [0, 0.05) is 18.6 Å². The molecule has 0 spiro atoms. The Morgan fingerprint density at radius 1 is 1.26 bits per heavy atom. The number of hydrogen-bond donors (Lipinski definition) is 2. The van der Waals surface area contributed by atoms with Crippen LogP contribution in [-0.2, 0) is 0 Å². The fourth-order valence-electron chi connectivity index (χ4n) is 3.14. The lowest BCUT2D eigenvalue weighted by atomic mass is 9.99. The zero-order valence-corrected chi connectivity index (χ0v) is 11.7. The van der Waals surface area contributed by atoms with E-state index in [1.165, 1.54) is 38.8 Å². The number of anilines is 1. The molecule has 3 rings (SSSR count). The molecule has 1 aromatic heterocycles. The van der Waals surface area contributed by atoms with Gasteiger partial charge in [0.25, 0.3) is 0 Å². The molecule has 6 heteroatoms. The molecule has 3 heterocycles. The molecule has 19 heavy (non-hydrogen) atoms. The monoisotopic (exact) mass is 277 g/mol. The van der Waals surface area contributed by atoms with Gasteiger partial charge in [-0.05, 0) is 25.8 Å². The highest BCUT2D eigenvalue weighted by Gasteiger charge is 2.35. The maximum atomic E-state index is 5.52. The molecule has 0 bridgehead atoms. The number of thiocarbonyl (C=S) groups is 1. The number of nitrogens with zero attached hydrogens (tertiary/aromatic N) is 3. The molecule has 2 aliphatic rings. The van der Waals surface area contributed by atoms with Gasteiger partial charge in [0.1, 0.15) is 16.5 Å². The van der Waals surface area contributed by atoms with E-state index in [1.807, 2.05) is 0 Å². The van der Waals surface area contributed by atoms with Gasteiger partial charge in [-0.25, -0.2) is 9.97 Å². The van der Waals surface area contributed by atoms with Crippen LogP contribution in [0.1, 0.15) is 31.4 Å². The van der Waals surface area contributed by atoms with Crippen molar-refractivity contribution in [2.24, 2.45) is 5.73 Å². The summed E-state index contributed by atoms with van der Waals surface area (Å²) in [6.07, 6.45) is 8.51. The van der Waals surface area contributed by atoms with E-state index in [1.54, 1.807) is 12.4 Å². The molecular weight excluding hydrogens is 258 g/mol. The number of rotatable bonds is 3. The number of hydrogen-bond acceptors (Lipinski definition) is 5. The van der Waals surface area contributed by atoms with Crippen LogP contribution in [0.4, 0.5) is 5.82 Å². The predicted molar refractivity (Wildman–Crippen MR) is 79.2 cm³/mol. The van der Waals surface area contributed by atoms with E-state index in [0.717, 1.165) is 5.82 Å². The largest absolute Gasteiger partial charge is 0.388 e. The number of nitrogens with one attached hydrogen (secondary N) is 1. The van der Waals surface area contributed by atoms with E-state index in [0.29, 0.717) is 22.8 Å². The quantitative estimate of drug-likeness (QED) is 0.808. The number of piperidine rings is 1. The Hall–Kier alpha value is -1.27. The molecule has 0 amide bonds. The van der Waals surface area contributed by atoms with Crippen LogP contribution in [0.25, 0.3) is 0 Å². The van der Waals surface area contributed by atoms with Crippen molar-refractivity contribution in [2.75, 3.05) is 18.4 Å². The summed E-state index contributed by atoms with van der Waals surface area (Å²) in [5.41, 5.74) is 6.09. The molecule has 2 saturated heterocycles. The number of aromatic nitrogens is 2. The normalized spacial score (nSPS) is 26.9. The maximum absolute atomic E-state index is 5.52. The molecule has 0 aliphatic carbocycles. The fourth-order valence-corrected chi connectivity index (χ4v) is 3.24. The minimum atomic E-state index is 0.290. The van der Waals surface area contributed by atoms with Crippen molar-refractivity contribution in [3.63, 3.8) is 0 Å². The van der Waals surface area contributed by atoms with Crippen molar-refractivity contribution < 1.29 is 0 Å². The molecule has 3 N–H and O–H groups in total. The Morgan fingerprint density at radius 2 is 2.16 bits per heavy atom. The summed E-state index contributed by atoms with van der Waals surface area (Å²) in [7, 11) is 0. The van der Waals surface area contributed by atoms with Crippen LogP contribution in [0.15, 0.2) is 12.4 Å². The summed E-state index contributed by atoms with van der Waals surface area (Å²) >= 11 is 4.87. The third-order valence-corrected chi connectivity index (χ3v) is 4.30. The molecule has 0 aromatic carbocycles. The average molecular weight is 277 g/mol. The summed E-state index contributed by atoms with van der Waals surface area (Å²) in [5, 5.41) is 3.51. The fraction of sp³-hybridized carbons (Fsp3) is 0.615. The number of fused-ring (bicyclic) bond motifs is 1. The zero-order chi connectivity index (χ0) is 13.2. The Bertz CT molecular complexity index is 461. The van der Waals surface area contributed by atoms with Crippen LogP contribution in [0.3, 0.4) is 0 Å². The van der Waals surface area contributed by atoms with E-state index >= 15 is 0 Å². The van der Waals surface area contributed by atoms with Crippen LogP contribution in [0.2, 0.25) is 0 Å². The van der Waals surface area contributed by atoms with Gasteiger partial charge >= 0.3 is 0 Å². The molecule has 1 aromatic rings. The van der Waals surface area contributed by atoms with E-state index in [2.05, 4.69) is 20.2 Å². The topological polar surface area (TPSA) is 67.1 Å². The molecule has 2 fully saturated rings. The van der Waals surface area contributed by atoms with Gasteiger partial charge < -0.3 is 11.1 Å². The Labute approximate surface area is 118 Å². The SMILES string of the molecule is NC(=S)c1cnc(NC2CCN3CCCCC23)cn1. The van der Waals surface area contributed by atoms with Gasteiger partial charge in [0.05, 0.1) is 12.4 Å². The highest BCUT2D eigenvalue weighted by Crippen LogP contribution is 2.28. The minimum Gasteiger partial charge on any atom is -0.388 e. The van der Waals surface area contributed by atoms with Gasteiger partial charge in [-0.15, -0.1) is 0 Å². The zero-order valence-electron chi connectivity index (χ0n) is 10.9. The van der Waals surface area contributed by atoms with Crippen molar-refractivity contribution in [1.29, 1.82) is 0 Å². The van der Waals surface area contributed by atoms with Crippen LogP contribution in [0.5, 0.6) is 0 Å². The highest BCUT2D eigenvalue weighted by atomic mass is 32.1. The Morgan fingerprint density at radius 3 is 2.89 bits per heavy atom. The van der Waals surface area contributed by atoms with Crippen LogP contribution in [0, 0.1) is 0 Å². The third-order valence-electron chi connectivity index (χ3n) is 4.09. The minimum absolute atomic E-state index is 0.290. The molecule has 5 nitrogen and oxygen atoms in total. The van der Waals surface area contributed by atoms with Gasteiger partial charge in [0.15, 0.2) is 0 Å². The summed E-state index contributed by atoms with van der Waals surface area (Å²) in [6, 6.07) is 1.15. The molecule has 0 radical (unpaired) electrons. The third kappa shape index (κ3) is 2.69. The van der Waals surface area contributed by atoms with E-state index in [4.69, 9.17) is 18.0 Å². The summed E-state index contributed by atoms with van der Waals surface area (Å²) in [6.45, 7) is 2.44. The molecule has 102 valence electrons. The first-order chi connectivity index (χ1) is 9.24. The average Bonchev–Trinajstić information content (AvgIpc) is 2.83. The van der Waals surface area contributed by atoms with Gasteiger partial charge in [-0.1, -0.05) is 18.6 Å². The molecular formula is C13H19N5S. The van der Waals surface area contributed by atoms with Crippen LogP contribution < -0.4 is 11.1 Å². The van der Waals surface area contributed by atoms with Gasteiger partial charge in [-0.2, -0.15) is 0 Å². The van der Waals surface area contributed by atoms with Crippen LogP contribution in [-0.4, -0.2) is 45.0 Å². The van der Waals surface area contributed by atoms with E-state index in [9.17, 15) is 0 Å². The van der Waals surface area contributed by atoms with Crippen molar-refractivity contribution >= 4 is 23.0 Å². The van der Waals surface area contributed by atoms with E-state index in [-0.39, 0.29) is 0 Å². The first-order valence-corrected chi connectivity index (χ1v) is 7.27.